The number of amides is 1. The molecule has 1 aromatic heterocycles. The van der Waals surface area contributed by atoms with E-state index in [1.807, 2.05) is 0 Å². The van der Waals surface area contributed by atoms with Gasteiger partial charge in [0.05, 0.1) is 5.01 Å². The highest BCUT2D eigenvalue weighted by Gasteiger charge is 2.08. The molecule has 0 aromatic carbocycles. The van der Waals surface area contributed by atoms with E-state index in [9.17, 15) is 9.59 Å². The molecule has 2 N–H and O–H groups in total. The maximum atomic E-state index is 10.9. The van der Waals surface area contributed by atoms with Crippen LogP contribution in [-0.2, 0) is 11.2 Å². The van der Waals surface area contributed by atoms with Gasteiger partial charge in [-0.3, -0.25) is 4.79 Å². The van der Waals surface area contributed by atoms with Crippen molar-refractivity contribution in [3.63, 3.8) is 0 Å². The summed E-state index contributed by atoms with van der Waals surface area (Å²) in [6.45, 7) is 2.28. The molecule has 0 spiro atoms. The Bertz CT molecular complexity index is 362. The fourth-order valence-corrected chi connectivity index (χ4v) is 1.73. The highest BCUT2D eigenvalue weighted by atomic mass is 32.1. The quantitative estimate of drug-likeness (QED) is 0.785. The lowest BCUT2D eigenvalue weighted by Crippen LogP contribution is -2.24. The van der Waals surface area contributed by atoms with Crippen molar-refractivity contribution < 1.29 is 14.7 Å². The molecule has 0 radical (unpaired) electrons. The molecule has 1 heterocycles. The number of rotatable bonds is 5. The molecule has 6 heteroatoms. The summed E-state index contributed by atoms with van der Waals surface area (Å²) >= 11 is 1.29. The topological polar surface area (TPSA) is 79.3 Å². The molecule has 0 aliphatic heterocycles. The Morgan fingerprint density at radius 3 is 2.87 bits per heavy atom. The van der Waals surface area contributed by atoms with Crippen molar-refractivity contribution in [2.24, 2.45) is 0 Å². The number of aromatic carboxylic acids is 1. The monoisotopic (exact) mass is 228 g/mol. The van der Waals surface area contributed by atoms with E-state index in [0.717, 1.165) is 5.01 Å². The second kappa shape index (κ2) is 5.45. The summed E-state index contributed by atoms with van der Waals surface area (Å²) in [4.78, 5) is 25.3. The number of aromatic nitrogens is 1. The van der Waals surface area contributed by atoms with E-state index in [1.54, 1.807) is 6.92 Å². The lowest BCUT2D eigenvalue weighted by Gasteiger charge is -2.00. The predicted molar refractivity (Wildman–Crippen MR) is 56.1 cm³/mol. The number of nitrogens with one attached hydrogen (secondary N) is 1. The van der Waals surface area contributed by atoms with Gasteiger partial charge < -0.3 is 10.4 Å². The minimum atomic E-state index is -1.02. The van der Waals surface area contributed by atoms with Crippen LogP contribution in [0.25, 0.3) is 0 Å². The van der Waals surface area contributed by atoms with Crippen molar-refractivity contribution in [3.05, 3.63) is 16.1 Å². The van der Waals surface area contributed by atoms with Gasteiger partial charge >= 0.3 is 5.97 Å². The van der Waals surface area contributed by atoms with Crippen molar-refractivity contribution in [1.82, 2.24) is 10.3 Å². The van der Waals surface area contributed by atoms with E-state index in [0.29, 0.717) is 19.4 Å². The van der Waals surface area contributed by atoms with Gasteiger partial charge in [0.25, 0.3) is 0 Å². The molecule has 5 nitrogen and oxygen atoms in total. The standard InChI is InChI=1S/C9H12N2O3S/c1-2-7(12)10-4-3-8-11-6(5-15-8)9(13)14/h5H,2-4H2,1H3,(H,10,12)(H,13,14). The van der Waals surface area contributed by atoms with E-state index < -0.39 is 5.97 Å². The Balaban J connectivity index is 2.38. The average molecular weight is 228 g/mol. The zero-order valence-corrected chi connectivity index (χ0v) is 9.13. The molecule has 0 atom stereocenters. The number of hydrogen-bond acceptors (Lipinski definition) is 4. The van der Waals surface area contributed by atoms with E-state index in [1.165, 1.54) is 16.7 Å². The highest BCUT2D eigenvalue weighted by Crippen LogP contribution is 2.09. The predicted octanol–water partition coefficient (Wildman–Crippen LogP) is 0.910. The normalized spacial score (nSPS) is 9.93. The molecule has 0 fully saturated rings. The van der Waals surface area contributed by atoms with Crippen LogP contribution < -0.4 is 5.32 Å². The van der Waals surface area contributed by atoms with Crippen molar-refractivity contribution in [1.29, 1.82) is 0 Å². The molecular weight excluding hydrogens is 216 g/mol. The summed E-state index contributed by atoms with van der Waals surface area (Å²) in [5.74, 6) is -1.03. The maximum Gasteiger partial charge on any atom is 0.355 e. The summed E-state index contributed by atoms with van der Waals surface area (Å²) in [5.41, 5.74) is 0.0665. The number of carboxylic acid groups (broad SMARTS) is 1. The molecule has 1 amide bonds. The van der Waals surface area contributed by atoms with Gasteiger partial charge in [0.15, 0.2) is 5.69 Å². The Kier molecular flexibility index (Phi) is 4.23. The molecule has 15 heavy (non-hydrogen) atoms. The molecular formula is C9H12N2O3S. The molecule has 0 unspecified atom stereocenters. The summed E-state index contributed by atoms with van der Waals surface area (Å²) in [5, 5.41) is 13.5. The van der Waals surface area contributed by atoms with Gasteiger partial charge in [0.1, 0.15) is 0 Å². The number of carbonyl (C=O) groups is 2. The third-order valence-corrected chi connectivity index (χ3v) is 2.66. The molecule has 1 rings (SSSR count). The summed E-state index contributed by atoms with van der Waals surface area (Å²) in [6, 6.07) is 0. The van der Waals surface area contributed by atoms with Gasteiger partial charge in [-0.2, -0.15) is 0 Å². The minimum absolute atomic E-state index is 0.00925. The van der Waals surface area contributed by atoms with Crippen LogP contribution in [0.15, 0.2) is 5.38 Å². The summed E-state index contributed by atoms with van der Waals surface area (Å²) < 4.78 is 0. The Hall–Kier alpha value is -1.43. The van der Waals surface area contributed by atoms with Crippen molar-refractivity contribution in [3.8, 4) is 0 Å². The third kappa shape index (κ3) is 3.67. The van der Waals surface area contributed by atoms with Gasteiger partial charge in [-0.05, 0) is 0 Å². The maximum absolute atomic E-state index is 10.9. The number of hydrogen-bond donors (Lipinski definition) is 2. The second-order valence-electron chi connectivity index (χ2n) is 2.89. The first-order valence-corrected chi connectivity index (χ1v) is 5.45. The first kappa shape index (κ1) is 11.6. The zero-order chi connectivity index (χ0) is 11.3. The SMILES string of the molecule is CCC(=O)NCCc1nc(C(=O)O)cs1. The van der Waals surface area contributed by atoms with Gasteiger partial charge in [-0.1, -0.05) is 6.92 Å². The van der Waals surface area contributed by atoms with Crippen LogP contribution in [0.5, 0.6) is 0 Å². The number of carbonyl (C=O) groups excluding carboxylic acids is 1. The van der Waals surface area contributed by atoms with Crippen LogP contribution in [0.4, 0.5) is 0 Å². The lowest BCUT2D eigenvalue weighted by molar-refractivity contribution is -0.120. The molecule has 0 bridgehead atoms. The van der Waals surface area contributed by atoms with Gasteiger partial charge in [-0.25, -0.2) is 9.78 Å². The second-order valence-corrected chi connectivity index (χ2v) is 3.83. The van der Waals surface area contributed by atoms with Gasteiger partial charge in [0.2, 0.25) is 5.91 Å². The molecule has 0 aliphatic rings. The molecule has 0 saturated carbocycles. The first-order chi connectivity index (χ1) is 7.13. The van der Waals surface area contributed by atoms with E-state index >= 15 is 0 Å². The zero-order valence-electron chi connectivity index (χ0n) is 8.32. The molecule has 0 saturated heterocycles. The Morgan fingerprint density at radius 2 is 2.33 bits per heavy atom. The molecule has 0 aliphatic carbocycles. The molecule has 82 valence electrons. The van der Waals surface area contributed by atoms with Gasteiger partial charge in [-0.15, -0.1) is 11.3 Å². The van der Waals surface area contributed by atoms with Crippen molar-refractivity contribution in [2.75, 3.05) is 6.54 Å². The van der Waals surface area contributed by atoms with Crippen LogP contribution in [-0.4, -0.2) is 28.5 Å². The van der Waals surface area contributed by atoms with Crippen molar-refractivity contribution >= 4 is 23.2 Å². The number of thiazole rings is 1. The highest BCUT2D eigenvalue weighted by molar-refractivity contribution is 7.09. The number of carboxylic acids is 1. The smallest absolute Gasteiger partial charge is 0.355 e. The van der Waals surface area contributed by atoms with Crippen LogP contribution in [0.2, 0.25) is 0 Å². The fourth-order valence-electron chi connectivity index (χ4n) is 0.958. The van der Waals surface area contributed by atoms with Crippen LogP contribution >= 0.6 is 11.3 Å². The lowest BCUT2D eigenvalue weighted by atomic mass is 10.4. The Morgan fingerprint density at radius 1 is 1.60 bits per heavy atom. The van der Waals surface area contributed by atoms with Crippen LogP contribution in [0.3, 0.4) is 0 Å². The largest absolute Gasteiger partial charge is 0.476 e. The number of nitrogens with zero attached hydrogens (tertiary/aromatic N) is 1. The van der Waals surface area contributed by atoms with Crippen molar-refractivity contribution in [2.45, 2.75) is 19.8 Å². The molecule has 1 aromatic rings. The van der Waals surface area contributed by atoms with E-state index in [4.69, 9.17) is 5.11 Å². The summed E-state index contributed by atoms with van der Waals surface area (Å²) in [6.07, 6.45) is 1.03. The first-order valence-electron chi connectivity index (χ1n) is 4.58. The van der Waals surface area contributed by atoms with Gasteiger partial charge in [0, 0.05) is 24.8 Å². The Labute approximate surface area is 91.1 Å². The minimum Gasteiger partial charge on any atom is -0.476 e. The van der Waals surface area contributed by atoms with Crippen LogP contribution in [0.1, 0.15) is 28.8 Å². The van der Waals surface area contributed by atoms with E-state index in [-0.39, 0.29) is 11.6 Å². The van der Waals surface area contributed by atoms with Crippen LogP contribution in [0, 0.1) is 0 Å². The van der Waals surface area contributed by atoms with E-state index in [2.05, 4.69) is 10.3 Å². The fraction of sp³-hybridized carbons (Fsp3) is 0.444. The summed E-state index contributed by atoms with van der Waals surface area (Å²) in [7, 11) is 0. The third-order valence-electron chi connectivity index (χ3n) is 1.75. The average Bonchev–Trinajstić information content (AvgIpc) is 2.66.